The van der Waals surface area contributed by atoms with Crippen LogP contribution in [-0.4, -0.2) is 13.1 Å². The van der Waals surface area contributed by atoms with Gasteiger partial charge in [0.05, 0.1) is 5.56 Å². The first kappa shape index (κ1) is 22.9. The first-order valence-electron chi connectivity index (χ1n) is 11.7. The van der Waals surface area contributed by atoms with Crippen molar-refractivity contribution in [3.05, 3.63) is 75.1 Å². The molecule has 164 valence electrons. The Hall–Kier alpha value is -2.81. The second-order valence-corrected chi connectivity index (χ2v) is 8.25. The van der Waals surface area contributed by atoms with Crippen LogP contribution in [0.3, 0.4) is 0 Å². The second kappa shape index (κ2) is 11.0. The van der Waals surface area contributed by atoms with Gasteiger partial charge in [-0.25, -0.2) is 4.79 Å². The molecule has 0 fully saturated rings. The summed E-state index contributed by atoms with van der Waals surface area (Å²) in [6.45, 7) is 10.7. The maximum absolute atomic E-state index is 12.9. The van der Waals surface area contributed by atoms with Crippen LogP contribution < -0.4 is 10.5 Å². The summed E-state index contributed by atoms with van der Waals surface area (Å²) in [5, 5.41) is 1.03. The van der Waals surface area contributed by atoms with Gasteiger partial charge >= 0.3 is 5.63 Å². The summed E-state index contributed by atoms with van der Waals surface area (Å²) in [7, 11) is 0. The quantitative estimate of drug-likeness (QED) is 0.326. The van der Waals surface area contributed by atoms with E-state index in [1.54, 1.807) is 0 Å². The van der Waals surface area contributed by atoms with Crippen LogP contribution in [0.5, 0.6) is 0 Å². The molecule has 3 rings (SSSR count). The number of anilines is 1. The van der Waals surface area contributed by atoms with Gasteiger partial charge in [-0.1, -0.05) is 69.5 Å². The summed E-state index contributed by atoms with van der Waals surface area (Å²) in [5.74, 6) is 0. The normalized spacial score (nSPS) is 11.5. The molecule has 0 atom stereocenters. The molecule has 0 N–H and O–H groups in total. The van der Waals surface area contributed by atoms with Gasteiger partial charge in [0.2, 0.25) is 0 Å². The van der Waals surface area contributed by atoms with Crippen molar-refractivity contribution in [1.82, 2.24) is 0 Å². The van der Waals surface area contributed by atoms with Gasteiger partial charge in [0.1, 0.15) is 5.58 Å². The summed E-state index contributed by atoms with van der Waals surface area (Å²) >= 11 is 0. The van der Waals surface area contributed by atoms with Crippen molar-refractivity contribution in [2.75, 3.05) is 18.0 Å². The average molecular weight is 418 g/mol. The number of hydrogen-bond acceptors (Lipinski definition) is 3. The van der Waals surface area contributed by atoms with Crippen molar-refractivity contribution in [2.24, 2.45) is 0 Å². The van der Waals surface area contributed by atoms with Gasteiger partial charge in [-0.2, -0.15) is 0 Å². The van der Waals surface area contributed by atoms with E-state index in [4.69, 9.17) is 4.42 Å². The van der Waals surface area contributed by atoms with Crippen LogP contribution in [0, 0.1) is 6.92 Å². The molecular formula is C28H35NO2. The number of benzene rings is 2. The highest BCUT2D eigenvalue weighted by molar-refractivity contribution is 5.87. The van der Waals surface area contributed by atoms with Crippen LogP contribution in [0.1, 0.15) is 68.7 Å². The zero-order valence-electron chi connectivity index (χ0n) is 19.4. The number of aryl methyl sites for hydroxylation is 2. The maximum atomic E-state index is 12.9. The van der Waals surface area contributed by atoms with Gasteiger partial charge < -0.3 is 9.32 Å². The third kappa shape index (κ3) is 5.66. The average Bonchev–Trinajstić information content (AvgIpc) is 2.78. The Morgan fingerprint density at radius 3 is 2.19 bits per heavy atom. The van der Waals surface area contributed by atoms with Crippen LogP contribution in [0.2, 0.25) is 0 Å². The minimum absolute atomic E-state index is 0.265. The van der Waals surface area contributed by atoms with Crippen LogP contribution in [0.15, 0.2) is 51.7 Å². The molecule has 1 aromatic heterocycles. The number of nitrogens with zero attached hydrogens (tertiary/aromatic N) is 1. The highest BCUT2D eigenvalue weighted by Gasteiger charge is 2.14. The molecule has 0 spiro atoms. The Kier molecular flexibility index (Phi) is 8.11. The third-order valence-corrected chi connectivity index (χ3v) is 5.84. The number of hydrogen-bond donors (Lipinski definition) is 0. The monoisotopic (exact) mass is 417 g/mol. The Balaban J connectivity index is 1.99. The molecule has 0 aliphatic rings. The van der Waals surface area contributed by atoms with Crippen molar-refractivity contribution in [3.63, 3.8) is 0 Å². The Morgan fingerprint density at radius 2 is 1.58 bits per heavy atom. The lowest BCUT2D eigenvalue weighted by Gasteiger charge is -2.25. The van der Waals surface area contributed by atoms with Crippen molar-refractivity contribution in [1.29, 1.82) is 0 Å². The standard InChI is InChI=1S/C28H35NO2/c1-5-8-18-29(19-9-6-2)23-15-17-25-24(7-3)26(28(30)31-27(25)20-23)16-14-22-12-10-21(4)11-13-22/h10-17,20H,5-9,18-19H2,1-4H3/b16-14+. The van der Waals surface area contributed by atoms with Gasteiger partial charge in [-0.3, -0.25) is 0 Å². The van der Waals surface area contributed by atoms with Gasteiger partial charge in [0, 0.05) is 30.2 Å². The fraction of sp³-hybridized carbons (Fsp3) is 0.393. The molecule has 0 saturated carbocycles. The zero-order valence-corrected chi connectivity index (χ0v) is 19.4. The molecular weight excluding hydrogens is 382 g/mol. The summed E-state index contributed by atoms with van der Waals surface area (Å²) in [5.41, 5.74) is 5.56. The Bertz CT molecular complexity index is 1070. The minimum atomic E-state index is -0.265. The van der Waals surface area contributed by atoms with Crippen molar-refractivity contribution < 1.29 is 4.42 Å². The van der Waals surface area contributed by atoms with E-state index in [1.165, 1.54) is 18.4 Å². The zero-order chi connectivity index (χ0) is 22.2. The molecule has 0 saturated heterocycles. The van der Waals surface area contributed by atoms with Gasteiger partial charge in [-0.15, -0.1) is 0 Å². The molecule has 0 unspecified atom stereocenters. The molecule has 0 aliphatic heterocycles. The highest BCUT2D eigenvalue weighted by Crippen LogP contribution is 2.27. The number of fused-ring (bicyclic) bond motifs is 1. The van der Waals surface area contributed by atoms with E-state index in [1.807, 2.05) is 12.2 Å². The van der Waals surface area contributed by atoms with E-state index >= 15 is 0 Å². The van der Waals surface area contributed by atoms with Crippen molar-refractivity contribution in [3.8, 4) is 0 Å². The summed E-state index contributed by atoms with van der Waals surface area (Å²) in [6, 6.07) is 14.6. The first-order chi connectivity index (χ1) is 15.1. The van der Waals surface area contributed by atoms with E-state index in [2.05, 4.69) is 75.1 Å². The van der Waals surface area contributed by atoms with Crippen LogP contribution in [0.25, 0.3) is 23.1 Å². The second-order valence-electron chi connectivity index (χ2n) is 8.25. The molecule has 3 aromatic rings. The van der Waals surface area contributed by atoms with Crippen LogP contribution in [0.4, 0.5) is 5.69 Å². The summed E-state index contributed by atoms with van der Waals surface area (Å²) in [4.78, 5) is 15.3. The fourth-order valence-electron chi connectivity index (χ4n) is 3.94. The van der Waals surface area contributed by atoms with Crippen molar-refractivity contribution >= 4 is 28.8 Å². The summed E-state index contributed by atoms with van der Waals surface area (Å²) < 4.78 is 5.81. The molecule has 1 heterocycles. The fourth-order valence-corrected chi connectivity index (χ4v) is 3.94. The molecule has 0 amide bonds. The number of rotatable bonds is 10. The SMILES string of the molecule is CCCCN(CCCC)c1ccc2c(CC)c(/C=C/c3ccc(C)cc3)c(=O)oc2c1. The molecule has 0 bridgehead atoms. The molecule has 3 nitrogen and oxygen atoms in total. The first-order valence-corrected chi connectivity index (χ1v) is 11.7. The largest absolute Gasteiger partial charge is 0.422 e. The smallest absolute Gasteiger partial charge is 0.343 e. The molecule has 0 radical (unpaired) electrons. The van der Waals surface area contributed by atoms with Crippen LogP contribution >= 0.6 is 0 Å². The van der Waals surface area contributed by atoms with Gasteiger partial charge in [-0.05, 0) is 55.5 Å². The lowest BCUT2D eigenvalue weighted by atomic mass is 10.0. The van der Waals surface area contributed by atoms with E-state index in [0.29, 0.717) is 11.1 Å². The van der Waals surface area contributed by atoms with E-state index in [-0.39, 0.29) is 5.63 Å². The predicted molar refractivity (Wildman–Crippen MR) is 134 cm³/mol. The minimum Gasteiger partial charge on any atom is -0.422 e. The highest BCUT2D eigenvalue weighted by atomic mass is 16.4. The van der Waals surface area contributed by atoms with Gasteiger partial charge in [0.25, 0.3) is 0 Å². The molecule has 3 heteroatoms. The Morgan fingerprint density at radius 1 is 0.903 bits per heavy atom. The lowest BCUT2D eigenvalue weighted by Crippen LogP contribution is -2.25. The van der Waals surface area contributed by atoms with Crippen molar-refractivity contribution in [2.45, 2.75) is 59.8 Å². The Labute approximate surface area is 186 Å². The molecule has 2 aromatic carbocycles. The van der Waals surface area contributed by atoms with E-state index in [0.717, 1.165) is 54.6 Å². The van der Waals surface area contributed by atoms with Gasteiger partial charge in [0.15, 0.2) is 0 Å². The van der Waals surface area contributed by atoms with E-state index < -0.39 is 0 Å². The van der Waals surface area contributed by atoms with Crippen LogP contribution in [-0.2, 0) is 6.42 Å². The maximum Gasteiger partial charge on any atom is 0.343 e. The third-order valence-electron chi connectivity index (χ3n) is 5.84. The lowest BCUT2D eigenvalue weighted by molar-refractivity contribution is 0.557. The predicted octanol–water partition coefficient (Wildman–Crippen LogP) is 7.24. The molecule has 0 aliphatic carbocycles. The topological polar surface area (TPSA) is 33.5 Å². The van der Waals surface area contributed by atoms with E-state index in [9.17, 15) is 4.79 Å². The molecule has 31 heavy (non-hydrogen) atoms. The summed E-state index contributed by atoms with van der Waals surface area (Å²) in [6.07, 6.45) is 9.33. The number of unbranched alkanes of at least 4 members (excludes halogenated alkanes) is 2.